The van der Waals surface area contributed by atoms with Crippen LogP contribution in [-0.4, -0.2) is 18.4 Å². The summed E-state index contributed by atoms with van der Waals surface area (Å²) in [5.41, 5.74) is 3.05. The number of hydrogen-bond donors (Lipinski definition) is 1. The highest BCUT2D eigenvalue weighted by Crippen LogP contribution is 2.47. The van der Waals surface area contributed by atoms with Crippen LogP contribution in [0, 0.1) is 5.92 Å². The third-order valence-corrected chi connectivity index (χ3v) is 7.34. The summed E-state index contributed by atoms with van der Waals surface area (Å²) in [4.78, 5) is 28.6. The molecule has 29 heavy (non-hydrogen) atoms. The van der Waals surface area contributed by atoms with Gasteiger partial charge >= 0.3 is 5.97 Å². The van der Waals surface area contributed by atoms with Crippen LogP contribution in [0.25, 0.3) is 0 Å². The highest BCUT2D eigenvalue weighted by Gasteiger charge is 2.42. The fourth-order valence-corrected chi connectivity index (χ4v) is 5.77. The van der Waals surface area contributed by atoms with Gasteiger partial charge in [-0.3, -0.25) is 4.79 Å². The zero-order chi connectivity index (χ0) is 20.5. The molecule has 2 aliphatic rings. The fraction of sp³-hybridized carbons (Fsp3) is 0.391. The van der Waals surface area contributed by atoms with Crippen LogP contribution in [0.2, 0.25) is 0 Å². The lowest BCUT2D eigenvalue weighted by Crippen LogP contribution is -2.36. The number of hydrogen-bond acceptors (Lipinski definition) is 6. The van der Waals surface area contributed by atoms with Crippen molar-refractivity contribution in [2.45, 2.75) is 45.4 Å². The quantitative estimate of drug-likeness (QED) is 0.652. The maximum absolute atomic E-state index is 13.3. The second kappa shape index (κ2) is 8.28. The van der Waals surface area contributed by atoms with E-state index in [9.17, 15) is 9.59 Å². The molecule has 0 spiro atoms. The molecular weight excluding hydrogens is 402 g/mol. The molecule has 152 valence electrons. The second-order valence-corrected chi connectivity index (χ2v) is 10.00. The fourth-order valence-electron chi connectivity index (χ4n) is 4.09. The summed E-state index contributed by atoms with van der Waals surface area (Å²) < 4.78 is 5.57. The number of allylic oxidation sites excluding steroid dienone is 3. The van der Waals surface area contributed by atoms with Gasteiger partial charge < -0.3 is 10.1 Å². The molecule has 1 aliphatic heterocycles. The zero-order valence-electron chi connectivity index (χ0n) is 16.9. The number of ketones is 1. The first-order valence-corrected chi connectivity index (χ1v) is 11.7. The molecule has 2 aromatic rings. The smallest absolute Gasteiger partial charge is 0.336 e. The third-order valence-electron chi connectivity index (χ3n) is 5.37. The van der Waals surface area contributed by atoms with E-state index in [2.05, 4.69) is 16.8 Å². The maximum atomic E-state index is 13.3. The van der Waals surface area contributed by atoms with Gasteiger partial charge in [0.1, 0.15) is 0 Å². The topological polar surface area (TPSA) is 55.4 Å². The SMILES string of the molecule is CC1=C(C(=O)OCC(C)C)[C@H](c2cccs2)C2=C(C[C@@H](c3cccs3)CC2=O)N1. The van der Waals surface area contributed by atoms with E-state index in [1.54, 1.807) is 22.7 Å². The summed E-state index contributed by atoms with van der Waals surface area (Å²) in [7, 11) is 0. The predicted molar refractivity (Wildman–Crippen MR) is 117 cm³/mol. The van der Waals surface area contributed by atoms with Gasteiger partial charge in [-0.2, -0.15) is 0 Å². The zero-order valence-corrected chi connectivity index (χ0v) is 18.5. The van der Waals surface area contributed by atoms with E-state index in [4.69, 9.17) is 4.74 Å². The maximum Gasteiger partial charge on any atom is 0.336 e. The van der Waals surface area contributed by atoms with Crippen molar-refractivity contribution in [1.29, 1.82) is 0 Å². The number of Topliss-reactive ketones (excluding diaryl/α,β-unsaturated/α-hetero) is 1. The largest absolute Gasteiger partial charge is 0.462 e. The van der Waals surface area contributed by atoms with Gasteiger partial charge in [-0.05, 0) is 42.2 Å². The number of esters is 1. The summed E-state index contributed by atoms with van der Waals surface area (Å²) in [5.74, 6) is -0.101. The molecule has 6 heteroatoms. The van der Waals surface area contributed by atoms with Crippen LogP contribution in [0.1, 0.15) is 55.2 Å². The van der Waals surface area contributed by atoms with Gasteiger partial charge in [0, 0.05) is 39.1 Å². The van der Waals surface area contributed by atoms with Crippen LogP contribution in [-0.2, 0) is 14.3 Å². The van der Waals surface area contributed by atoms with Crippen molar-refractivity contribution in [2.75, 3.05) is 6.61 Å². The molecule has 1 aliphatic carbocycles. The van der Waals surface area contributed by atoms with E-state index in [1.807, 2.05) is 44.4 Å². The summed E-state index contributed by atoms with van der Waals surface area (Å²) in [6.07, 6.45) is 1.27. The first kappa shape index (κ1) is 20.1. The van der Waals surface area contributed by atoms with Gasteiger partial charge in [-0.25, -0.2) is 4.79 Å². The molecule has 0 aromatic carbocycles. The number of carbonyl (C=O) groups is 2. The number of carbonyl (C=O) groups excluding carboxylic acids is 2. The lowest BCUT2D eigenvalue weighted by molar-refractivity contribution is -0.140. The Kier molecular flexibility index (Phi) is 5.74. The van der Waals surface area contributed by atoms with Gasteiger partial charge in [-0.1, -0.05) is 26.0 Å². The number of dihydropyridines is 1. The molecule has 0 amide bonds. The molecule has 0 saturated carbocycles. The molecule has 4 nitrogen and oxygen atoms in total. The number of ether oxygens (including phenoxy) is 1. The summed E-state index contributed by atoms with van der Waals surface area (Å²) in [5, 5.41) is 7.45. The van der Waals surface area contributed by atoms with E-state index in [-0.39, 0.29) is 29.5 Å². The van der Waals surface area contributed by atoms with E-state index in [0.29, 0.717) is 18.6 Å². The van der Waals surface area contributed by atoms with Gasteiger partial charge in [0.15, 0.2) is 5.78 Å². The van der Waals surface area contributed by atoms with Gasteiger partial charge in [0.05, 0.1) is 18.1 Å². The molecule has 2 atom stereocenters. The lowest BCUT2D eigenvalue weighted by atomic mass is 9.74. The molecule has 0 unspecified atom stereocenters. The molecule has 0 saturated heterocycles. The van der Waals surface area contributed by atoms with E-state index >= 15 is 0 Å². The highest BCUT2D eigenvalue weighted by atomic mass is 32.1. The summed E-state index contributed by atoms with van der Waals surface area (Å²) in [6, 6.07) is 8.11. The van der Waals surface area contributed by atoms with Crippen LogP contribution in [0.15, 0.2) is 57.6 Å². The normalized spacial score (nSPS) is 22.0. The first-order valence-electron chi connectivity index (χ1n) is 9.93. The molecule has 1 N–H and O–H groups in total. The molecule has 0 bridgehead atoms. The average molecular weight is 428 g/mol. The molecule has 0 radical (unpaired) electrons. The second-order valence-electron chi connectivity index (χ2n) is 8.04. The van der Waals surface area contributed by atoms with Gasteiger partial charge in [0.2, 0.25) is 0 Å². The van der Waals surface area contributed by atoms with Crippen molar-refractivity contribution < 1.29 is 14.3 Å². The number of rotatable bonds is 5. The Morgan fingerprint density at radius 2 is 1.86 bits per heavy atom. The number of thiophene rings is 2. The van der Waals surface area contributed by atoms with Crippen LogP contribution in [0.5, 0.6) is 0 Å². The monoisotopic (exact) mass is 427 g/mol. The van der Waals surface area contributed by atoms with Crippen LogP contribution in [0.3, 0.4) is 0 Å². The molecule has 3 heterocycles. The first-order chi connectivity index (χ1) is 14.0. The van der Waals surface area contributed by atoms with Crippen molar-refractivity contribution in [3.63, 3.8) is 0 Å². The van der Waals surface area contributed by atoms with Crippen molar-refractivity contribution >= 4 is 34.4 Å². The minimum atomic E-state index is -0.345. The van der Waals surface area contributed by atoms with Crippen molar-refractivity contribution in [3.05, 3.63) is 67.3 Å². The van der Waals surface area contributed by atoms with Crippen LogP contribution >= 0.6 is 22.7 Å². The van der Waals surface area contributed by atoms with Crippen molar-refractivity contribution in [2.24, 2.45) is 5.92 Å². The van der Waals surface area contributed by atoms with Crippen molar-refractivity contribution in [3.8, 4) is 0 Å². The Labute approximate surface area is 179 Å². The Bertz CT molecular complexity index is 968. The Morgan fingerprint density at radius 3 is 2.48 bits per heavy atom. The standard InChI is InChI=1S/C23H25NO3S2/c1-13(2)12-27-23(26)20-14(3)24-16-10-15(18-6-4-8-28-18)11-17(25)21(16)22(20)19-7-5-9-29-19/h4-9,13,15,22,24H,10-12H2,1-3H3/t15-,22+/m1/s1. The molecular formula is C23H25NO3S2. The van der Waals surface area contributed by atoms with Gasteiger partial charge in [-0.15, -0.1) is 22.7 Å². The summed E-state index contributed by atoms with van der Waals surface area (Å²) in [6.45, 7) is 6.31. The predicted octanol–water partition coefficient (Wildman–Crippen LogP) is 5.37. The third kappa shape index (κ3) is 3.96. The van der Waals surface area contributed by atoms with Crippen LogP contribution < -0.4 is 5.32 Å². The Balaban J connectivity index is 1.72. The Morgan fingerprint density at radius 1 is 1.17 bits per heavy atom. The van der Waals surface area contributed by atoms with E-state index in [1.165, 1.54) is 4.88 Å². The molecule has 4 rings (SSSR count). The van der Waals surface area contributed by atoms with E-state index in [0.717, 1.165) is 28.3 Å². The minimum absolute atomic E-state index is 0.122. The Hall–Kier alpha value is -2.18. The average Bonchev–Trinajstić information content (AvgIpc) is 3.38. The minimum Gasteiger partial charge on any atom is -0.462 e. The van der Waals surface area contributed by atoms with Crippen LogP contribution in [0.4, 0.5) is 0 Å². The molecule has 2 aromatic heterocycles. The molecule has 0 fully saturated rings. The highest BCUT2D eigenvalue weighted by molar-refractivity contribution is 7.10. The van der Waals surface area contributed by atoms with E-state index < -0.39 is 0 Å². The summed E-state index contributed by atoms with van der Waals surface area (Å²) >= 11 is 3.28. The van der Waals surface area contributed by atoms with Crippen molar-refractivity contribution in [1.82, 2.24) is 5.32 Å². The lowest BCUT2D eigenvalue weighted by Gasteiger charge is -2.36. The van der Waals surface area contributed by atoms with Gasteiger partial charge in [0.25, 0.3) is 0 Å². The number of nitrogens with one attached hydrogen (secondary N) is 1.